The van der Waals surface area contributed by atoms with Gasteiger partial charge in [0.2, 0.25) is 0 Å². The summed E-state index contributed by atoms with van der Waals surface area (Å²) in [7, 11) is 0. The minimum Gasteiger partial charge on any atom is -0.453 e. The van der Waals surface area contributed by atoms with Crippen LogP contribution in [0.25, 0.3) is 55.6 Å². The molecule has 0 amide bonds. The molecule has 0 spiro atoms. The summed E-state index contributed by atoms with van der Waals surface area (Å²) < 4.78 is 11.4. The number of anilines is 3. The lowest BCUT2D eigenvalue weighted by Gasteiger charge is -2.43. The summed E-state index contributed by atoms with van der Waals surface area (Å²) in [6.07, 6.45) is 0. The first-order valence-electron chi connectivity index (χ1n) is 16.8. The molecule has 0 fully saturated rings. The number of rotatable bonds is 2. The molecule has 2 aromatic heterocycles. The van der Waals surface area contributed by atoms with Gasteiger partial charge in [-0.3, -0.25) is 4.57 Å². The molecule has 0 aliphatic carbocycles. The van der Waals surface area contributed by atoms with Gasteiger partial charge in [0.1, 0.15) is 11.3 Å². The minimum atomic E-state index is -0.00942. The fraction of sp³-hybridized carbons (Fsp3) is 0. The maximum atomic E-state index is 6.60. The predicted octanol–water partition coefficient (Wildman–Crippen LogP) is 8.51. The summed E-state index contributed by atoms with van der Waals surface area (Å²) in [6.45, 7) is -0.00942. The van der Waals surface area contributed by atoms with Crippen LogP contribution in [0.4, 0.5) is 17.1 Å². The minimum absolute atomic E-state index is 0.00942. The number of ether oxygens (including phenoxy) is 1. The number of benzene rings is 7. The number of nitrogens with zero attached hydrogens (tertiary/aromatic N) is 4. The second-order valence-electron chi connectivity index (χ2n) is 13.1. The third kappa shape index (κ3) is 3.14. The molecule has 12 rings (SSSR count). The van der Waals surface area contributed by atoms with E-state index in [1.807, 2.05) is 6.07 Å². The maximum Gasteiger partial charge on any atom is 0.252 e. The predicted molar refractivity (Wildman–Crippen MR) is 200 cm³/mol. The number of aromatic nitrogens is 3. The van der Waals surface area contributed by atoms with Crippen molar-refractivity contribution in [2.24, 2.45) is 0 Å². The van der Waals surface area contributed by atoms with Crippen LogP contribution in [0.3, 0.4) is 0 Å². The van der Waals surface area contributed by atoms with Crippen LogP contribution >= 0.6 is 0 Å². The largest absolute Gasteiger partial charge is 0.453 e. The van der Waals surface area contributed by atoms with Crippen molar-refractivity contribution in [1.82, 2.24) is 14.1 Å². The number of para-hydroxylation sites is 5. The first-order chi connectivity index (χ1) is 24.3. The maximum absolute atomic E-state index is 6.60. The Morgan fingerprint density at radius 2 is 1.24 bits per heavy atom. The van der Waals surface area contributed by atoms with Crippen LogP contribution in [-0.4, -0.2) is 20.8 Å². The summed E-state index contributed by atoms with van der Waals surface area (Å²) in [6, 6.07) is 54.2. The van der Waals surface area contributed by atoms with E-state index in [4.69, 9.17) is 9.72 Å². The van der Waals surface area contributed by atoms with E-state index in [2.05, 4.69) is 160 Å². The lowest BCUT2D eigenvalue weighted by atomic mass is 9.33. The second kappa shape index (κ2) is 9.09. The highest BCUT2D eigenvalue weighted by Crippen LogP contribution is 2.52. The van der Waals surface area contributed by atoms with Gasteiger partial charge in [-0.1, -0.05) is 103 Å². The average Bonchev–Trinajstić information content (AvgIpc) is 3.72. The Morgan fingerprint density at radius 3 is 2.14 bits per heavy atom. The Bertz CT molecular complexity index is 2870. The van der Waals surface area contributed by atoms with Gasteiger partial charge in [0, 0.05) is 33.4 Å². The van der Waals surface area contributed by atoms with Crippen molar-refractivity contribution in [1.29, 1.82) is 0 Å². The van der Waals surface area contributed by atoms with Gasteiger partial charge >= 0.3 is 0 Å². The normalized spacial score (nSPS) is 13.4. The van der Waals surface area contributed by atoms with E-state index in [9.17, 15) is 0 Å². The summed E-state index contributed by atoms with van der Waals surface area (Å²) in [5.74, 6) is 2.70. The first-order valence-corrected chi connectivity index (χ1v) is 16.8. The molecule has 0 N–H and O–H groups in total. The second-order valence-corrected chi connectivity index (χ2v) is 13.1. The van der Waals surface area contributed by atoms with Crippen molar-refractivity contribution >= 4 is 73.0 Å². The first kappa shape index (κ1) is 25.6. The molecule has 0 saturated heterocycles. The Labute approximate surface area is 281 Å². The van der Waals surface area contributed by atoms with Gasteiger partial charge in [0.25, 0.3) is 6.71 Å². The van der Waals surface area contributed by atoms with Crippen molar-refractivity contribution in [3.8, 4) is 34.3 Å². The van der Waals surface area contributed by atoms with Gasteiger partial charge in [0.15, 0.2) is 11.5 Å². The molecule has 0 bridgehead atoms. The van der Waals surface area contributed by atoms with Crippen LogP contribution in [0.1, 0.15) is 0 Å². The molecule has 49 heavy (non-hydrogen) atoms. The molecule has 226 valence electrons. The fourth-order valence-corrected chi connectivity index (χ4v) is 8.82. The summed E-state index contributed by atoms with van der Waals surface area (Å²) in [4.78, 5) is 8.06. The Balaban J connectivity index is 1.30. The van der Waals surface area contributed by atoms with Crippen molar-refractivity contribution in [2.75, 3.05) is 4.90 Å². The molecule has 7 aromatic carbocycles. The molecule has 3 aliphatic rings. The van der Waals surface area contributed by atoms with Gasteiger partial charge in [0.05, 0.1) is 27.9 Å². The Morgan fingerprint density at radius 1 is 0.531 bits per heavy atom. The van der Waals surface area contributed by atoms with Crippen LogP contribution in [0.15, 0.2) is 152 Å². The molecule has 0 atom stereocenters. The van der Waals surface area contributed by atoms with Gasteiger partial charge in [-0.2, -0.15) is 0 Å². The van der Waals surface area contributed by atoms with Gasteiger partial charge < -0.3 is 14.2 Å². The zero-order valence-corrected chi connectivity index (χ0v) is 26.2. The molecule has 6 heteroatoms. The number of imidazole rings is 1. The highest BCUT2D eigenvalue weighted by molar-refractivity contribution is 7.00. The topological polar surface area (TPSA) is 35.2 Å². The van der Waals surface area contributed by atoms with Crippen LogP contribution in [0, 0.1) is 0 Å². The highest BCUT2D eigenvalue weighted by Gasteiger charge is 2.45. The molecule has 9 aromatic rings. The van der Waals surface area contributed by atoms with Crippen molar-refractivity contribution in [3.63, 3.8) is 0 Å². The number of hydrogen-bond acceptors (Lipinski definition) is 3. The third-order valence-corrected chi connectivity index (χ3v) is 10.7. The van der Waals surface area contributed by atoms with E-state index in [-0.39, 0.29) is 6.71 Å². The van der Waals surface area contributed by atoms with Gasteiger partial charge in [-0.05, 0) is 64.9 Å². The van der Waals surface area contributed by atoms with Crippen molar-refractivity contribution in [2.45, 2.75) is 0 Å². The van der Waals surface area contributed by atoms with Crippen molar-refractivity contribution < 1.29 is 4.74 Å². The summed E-state index contributed by atoms with van der Waals surface area (Å²) in [5.41, 5.74) is 15.0. The smallest absolute Gasteiger partial charge is 0.252 e. The molecule has 0 radical (unpaired) electrons. The molecular formula is C43H25BN4O. The highest BCUT2D eigenvalue weighted by atomic mass is 16.5. The fourth-order valence-electron chi connectivity index (χ4n) is 8.82. The number of fused-ring (bicyclic) bond motifs is 10. The van der Waals surface area contributed by atoms with Crippen LogP contribution in [-0.2, 0) is 0 Å². The SMILES string of the molecule is c1ccc(-c2nc3c4c(cc5c6ccccc6n(-c6ccccc6)c53)B3c5cccc6c5N(c5ccccc5O6)c5cccc(c53)-n24)cc1. The quantitative estimate of drug-likeness (QED) is 0.181. The van der Waals surface area contributed by atoms with Crippen LogP contribution in [0.2, 0.25) is 0 Å². The van der Waals surface area contributed by atoms with E-state index in [1.54, 1.807) is 0 Å². The molecule has 0 unspecified atom stereocenters. The van der Waals surface area contributed by atoms with E-state index >= 15 is 0 Å². The Kier molecular flexibility index (Phi) is 4.74. The van der Waals surface area contributed by atoms with Gasteiger partial charge in [-0.15, -0.1) is 0 Å². The standard InChI is InChI=1S/C43H25BN4O/c1-3-13-26(14-4-1)43-45-39-40-29(28-17-7-8-19-32(28)46(40)27-15-5-2-6-16-27)25-31-42(39)48(43)35-22-12-21-34-38(35)44(31)30-18-11-24-37-41(30)47(34)33-20-9-10-23-36(33)49-37/h1-25H. The van der Waals surface area contributed by atoms with Gasteiger partial charge in [-0.25, -0.2) is 4.98 Å². The van der Waals surface area contributed by atoms with E-state index in [1.165, 1.54) is 38.4 Å². The molecule has 3 aliphatic heterocycles. The summed E-state index contributed by atoms with van der Waals surface area (Å²) >= 11 is 0. The number of hydrogen-bond donors (Lipinski definition) is 0. The van der Waals surface area contributed by atoms with Crippen LogP contribution < -0.4 is 26.0 Å². The lowest BCUT2D eigenvalue weighted by molar-refractivity contribution is 0.477. The zero-order chi connectivity index (χ0) is 31.8. The lowest BCUT2D eigenvalue weighted by Crippen LogP contribution is -2.60. The molecule has 5 heterocycles. The van der Waals surface area contributed by atoms with Crippen molar-refractivity contribution in [3.05, 3.63) is 152 Å². The summed E-state index contributed by atoms with van der Waals surface area (Å²) in [5, 5.41) is 2.43. The van der Waals surface area contributed by atoms with E-state index < -0.39 is 0 Å². The third-order valence-electron chi connectivity index (χ3n) is 10.7. The van der Waals surface area contributed by atoms with E-state index in [0.29, 0.717) is 0 Å². The molecular weight excluding hydrogens is 599 g/mol. The van der Waals surface area contributed by atoms with Crippen LogP contribution in [0.5, 0.6) is 11.5 Å². The monoisotopic (exact) mass is 624 g/mol. The zero-order valence-electron chi connectivity index (χ0n) is 26.2. The Hall–Kier alpha value is -6.53. The van der Waals surface area contributed by atoms with E-state index in [0.717, 1.165) is 62.2 Å². The molecule has 0 saturated carbocycles. The molecule has 5 nitrogen and oxygen atoms in total. The average molecular weight is 625 g/mol.